The number of hydrogen-bond donors (Lipinski definition) is 2. The van der Waals surface area contributed by atoms with Crippen LogP contribution in [0.1, 0.15) is 6.92 Å². The van der Waals surface area contributed by atoms with Crippen molar-refractivity contribution in [1.82, 2.24) is 0 Å². The van der Waals surface area contributed by atoms with Crippen molar-refractivity contribution in [1.29, 1.82) is 0 Å². The third kappa shape index (κ3) is 3.06. The van der Waals surface area contributed by atoms with Crippen molar-refractivity contribution in [3.8, 4) is 0 Å². The molecule has 1 aromatic rings. The minimum atomic E-state index is -0.400. The molecule has 1 rings (SSSR count). The number of carbonyl (C=O) groups excluding carboxylic acids is 1. The van der Waals surface area contributed by atoms with E-state index in [1.165, 1.54) is 18.2 Å². The average Bonchev–Trinajstić information content (AvgIpc) is 2.04. The first-order chi connectivity index (χ1) is 6.09. The number of carbonyl (C=O) groups is 1. The molecule has 1 aromatic carbocycles. The van der Waals surface area contributed by atoms with Crippen molar-refractivity contribution >= 4 is 24.2 Å². The maximum absolute atomic E-state index is 12.6. The summed E-state index contributed by atoms with van der Waals surface area (Å²) < 4.78 is 12.6. The Balaban J connectivity index is 2.69. The summed E-state index contributed by atoms with van der Waals surface area (Å²) in [5.41, 5.74) is 0.450. The van der Waals surface area contributed by atoms with Gasteiger partial charge in [-0.05, 0) is 25.1 Å². The second kappa shape index (κ2) is 4.28. The molecule has 4 heteroatoms. The lowest BCUT2D eigenvalue weighted by atomic mass is 10.3. The SMILES string of the molecule is CC(S)C(=O)Nc1cccc(F)c1. The van der Waals surface area contributed by atoms with E-state index in [1.54, 1.807) is 13.0 Å². The van der Waals surface area contributed by atoms with Crippen LogP contribution in [0.3, 0.4) is 0 Å². The fourth-order valence-corrected chi connectivity index (χ4v) is 0.877. The molecule has 0 heterocycles. The van der Waals surface area contributed by atoms with Crippen LogP contribution in [0.5, 0.6) is 0 Å². The summed E-state index contributed by atoms with van der Waals surface area (Å²) in [5, 5.41) is 2.13. The number of nitrogens with one attached hydrogen (secondary N) is 1. The first kappa shape index (κ1) is 10.1. The molecule has 0 aliphatic heterocycles. The summed E-state index contributed by atoms with van der Waals surface area (Å²) in [6, 6.07) is 5.74. The Labute approximate surface area is 81.6 Å². The Hall–Kier alpha value is -1.03. The maximum atomic E-state index is 12.6. The van der Waals surface area contributed by atoms with Crippen LogP contribution in [0.2, 0.25) is 0 Å². The van der Waals surface area contributed by atoms with E-state index < -0.39 is 5.25 Å². The van der Waals surface area contributed by atoms with Gasteiger partial charge < -0.3 is 5.32 Å². The first-order valence-electron chi connectivity index (χ1n) is 3.84. The van der Waals surface area contributed by atoms with E-state index in [9.17, 15) is 9.18 Å². The van der Waals surface area contributed by atoms with E-state index in [1.807, 2.05) is 0 Å². The molecule has 1 unspecified atom stereocenters. The topological polar surface area (TPSA) is 29.1 Å². The van der Waals surface area contributed by atoms with Gasteiger partial charge in [0, 0.05) is 5.69 Å². The Morgan fingerprint density at radius 3 is 2.85 bits per heavy atom. The zero-order valence-corrected chi connectivity index (χ0v) is 8.01. The second-order valence-corrected chi connectivity index (χ2v) is 3.45. The third-order valence-electron chi connectivity index (χ3n) is 1.47. The molecular formula is C9H10FNOS. The Morgan fingerprint density at radius 2 is 2.31 bits per heavy atom. The van der Waals surface area contributed by atoms with Gasteiger partial charge in [-0.15, -0.1) is 0 Å². The standard InChI is InChI=1S/C9H10FNOS/c1-6(13)9(12)11-8-4-2-3-7(10)5-8/h2-6,13H,1H3,(H,11,12). The molecule has 0 saturated carbocycles. The molecule has 1 amide bonds. The van der Waals surface area contributed by atoms with E-state index in [2.05, 4.69) is 17.9 Å². The zero-order valence-electron chi connectivity index (χ0n) is 7.12. The fraction of sp³-hybridized carbons (Fsp3) is 0.222. The summed E-state index contributed by atoms with van der Waals surface area (Å²) in [6.07, 6.45) is 0. The van der Waals surface area contributed by atoms with E-state index in [-0.39, 0.29) is 11.7 Å². The summed E-state index contributed by atoms with van der Waals surface area (Å²) in [6.45, 7) is 1.65. The molecule has 0 bridgehead atoms. The highest BCUT2D eigenvalue weighted by atomic mass is 32.1. The van der Waals surface area contributed by atoms with Gasteiger partial charge in [-0.2, -0.15) is 12.6 Å². The fourth-order valence-electron chi connectivity index (χ4n) is 0.813. The van der Waals surface area contributed by atoms with Crippen LogP contribution < -0.4 is 5.32 Å². The van der Waals surface area contributed by atoms with Crippen molar-refractivity contribution in [2.45, 2.75) is 12.2 Å². The van der Waals surface area contributed by atoms with Crippen LogP contribution in [0.25, 0.3) is 0 Å². The van der Waals surface area contributed by atoms with Crippen molar-refractivity contribution in [2.24, 2.45) is 0 Å². The Morgan fingerprint density at radius 1 is 1.62 bits per heavy atom. The van der Waals surface area contributed by atoms with Crippen LogP contribution in [-0.4, -0.2) is 11.2 Å². The van der Waals surface area contributed by atoms with Gasteiger partial charge in [0.15, 0.2) is 0 Å². The highest BCUT2D eigenvalue weighted by molar-refractivity contribution is 7.81. The molecule has 2 nitrogen and oxygen atoms in total. The summed E-state index contributed by atoms with van der Waals surface area (Å²) in [7, 11) is 0. The molecule has 0 aromatic heterocycles. The molecular weight excluding hydrogens is 189 g/mol. The van der Waals surface area contributed by atoms with Crippen molar-refractivity contribution in [3.63, 3.8) is 0 Å². The predicted molar refractivity (Wildman–Crippen MR) is 53.5 cm³/mol. The summed E-state index contributed by atoms with van der Waals surface area (Å²) in [5.74, 6) is -0.612. The molecule has 1 atom stereocenters. The Bertz CT molecular complexity index is 314. The molecule has 1 N–H and O–H groups in total. The van der Waals surface area contributed by atoms with Gasteiger partial charge in [-0.3, -0.25) is 4.79 Å². The van der Waals surface area contributed by atoms with E-state index in [4.69, 9.17) is 0 Å². The molecule has 13 heavy (non-hydrogen) atoms. The molecule has 0 radical (unpaired) electrons. The number of anilines is 1. The largest absolute Gasteiger partial charge is 0.325 e. The minimum Gasteiger partial charge on any atom is -0.325 e. The monoisotopic (exact) mass is 199 g/mol. The minimum absolute atomic E-state index is 0.242. The second-order valence-electron chi connectivity index (χ2n) is 2.68. The molecule has 0 spiro atoms. The smallest absolute Gasteiger partial charge is 0.236 e. The number of rotatable bonds is 2. The van der Waals surface area contributed by atoms with Gasteiger partial charge in [0.2, 0.25) is 5.91 Å². The lowest BCUT2D eigenvalue weighted by molar-refractivity contribution is -0.115. The van der Waals surface area contributed by atoms with Gasteiger partial charge in [0.1, 0.15) is 5.82 Å². The van der Waals surface area contributed by atoms with Gasteiger partial charge in [0.25, 0.3) is 0 Å². The zero-order chi connectivity index (χ0) is 9.84. The molecule has 0 aliphatic rings. The maximum Gasteiger partial charge on any atom is 0.236 e. The first-order valence-corrected chi connectivity index (χ1v) is 4.36. The van der Waals surface area contributed by atoms with Crippen LogP contribution in [0.4, 0.5) is 10.1 Å². The molecule has 0 saturated heterocycles. The van der Waals surface area contributed by atoms with Crippen molar-refractivity contribution < 1.29 is 9.18 Å². The predicted octanol–water partition coefficient (Wildman–Crippen LogP) is 2.08. The number of thiol groups is 1. The Kier molecular flexibility index (Phi) is 3.31. The van der Waals surface area contributed by atoms with Gasteiger partial charge in [-0.25, -0.2) is 4.39 Å². The van der Waals surface area contributed by atoms with Crippen LogP contribution >= 0.6 is 12.6 Å². The number of halogens is 1. The van der Waals surface area contributed by atoms with Crippen molar-refractivity contribution in [2.75, 3.05) is 5.32 Å². The van der Waals surface area contributed by atoms with Crippen molar-refractivity contribution in [3.05, 3.63) is 30.1 Å². The van der Waals surface area contributed by atoms with Gasteiger partial charge >= 0.3 is 0 Å². The summed E-state index contributed by atoms with van der Waals surface area (Å²) in [4.78, 5) is 11.1. The normalized spacial score (nSPS) is 12.2. The van der Waals surface area contributed by atoms with Gasteiger partial charge in [0.05, 0.1) is 5.25 Å². The lowest BCUT2D eigenvalue weighted by Crippen LogP contribution is -2.20. The van der Waals surface area contributed by atoms with Crippen LogP contribution in [0.15, 0.2) is 24.3 Å². The molecule has 0 fully saturated rings. The number of amides is 1. The molecule has 70 valence electrons. The quantitative estimate of drug-likeness (QED) is 0.701. The highest BCUT2D eigenvalue weighted by Gasteiger charge is 2.07. The average molecular weight is 199 g/mol. The van der Waals surface area contributed by atoms with Crippen LogP contribution in [-0.2, 0) is 4.79 Å². The van der Waals surface area contributed by atoms with Crippen LogP contribution in [0, 0.1) is 5.82 Å². The van der Waals surface area contributed by atoms with E-state index in [0.717, 1.165) is 0 Å². The summed E-state index contributed by atoms with van der Waals surface area (Å²) >= 11 is 3.94. The third-order valence-corrected chi connectivity index (χ3v) is 1.71. The number of benzene rings is 1. The van der Waals surface area contributed by atoms with E-state index in [0.29, 0.717) is 5.69 Å². The highest BCUT2D eigenvalue weighted by Crippen LogP contribution is 2.10. The van der Waals surface area contributed by atoms with Gasteiger partial charge in [-0.1, -0.05) is 6.07 Å². The molecule has 0 aliphatic carbocycles. The van der Waals surface area contributed by atoms with E-state index >= 15 is 0 Å². The lowest BCUT2D eigenvalue weighted by Gasteiger charge is -2.06. The number of hydrogen-bond acceptors (Lipinski definition) is 2.